The monoisotopic (exact) mass is 1460 g/mol. The van der Waals surface area contributed by atoms with Crippen molar-refractivity contribution in [3.05, 3.63) is 137 Å². The van der Waals surface area contributed by atoms with Gasteiger partial charge in [-0.05, 0) is 115 Å². The number of carboxylic acid groups (broad SMARTS) is 1. The van der Waals surface area contributed by atoms with Gasteiger partial charge in [-0.1, -0.05) is 36.4 Å². The minimum Gasteiger partial charge on any atom is -0.492 e. The number of carbonyl (C=O) groups is 11. The number of benzene rings is 4. The number of fused-ring (bicyclic) bond motifs is 5. The van der Waals surface area contributed by atoms with E-state index in [1.807, 2.05) is 24.3 Å². The van der Waals surface area contributed by atoms with E-state index in [0.717, 1.165) is 11.1 Å². The van der Waals surface area contributed by atoms with Crippen molar-refractivity contribution < 1.29 is 71.4 Å². The Morgan fingerprint density at radius 3 is 1.88 bits per heavy atom. The number of nitrogens with two attached hydrogens (primary N) is 3. The number of aliphatic carboxylic acids is 1. The minimum absolute atomic E-state index is 0.0113. The van der Waals surface area contributed by atoms with Crippen LogP contribution in [0, 0.1) is 11.6 Å². The molecule has 1 fully saturated rings. The SMILES string of the molecule is NCCCC[C@@H]1NC(=O)CCSCc2cccc(c2)CSC[C@@H](C(N)=O)NC(=O)[C@@H]2CCCN2C(=O)[C@H](Cc2ccc(OCCN)cc2)NC(=O)[C@H](CC2C=NC=N2)NC(=O)[C@H](CC(=O)O)NC(=O)[C@H](Cc2c[nH]c3ccc(F)cc23)NC(=O)[C@H](Cc2c[nH]c3ccc(F)cc23)NC(=O)CNC1=O. The molecule has 548 valence electrons. The number of hydrogen-bond donors (Lipinski definition) is 14. The average molecular weight is 1460 g/mol. The van der Waals surface area contributed by atoms with Crippen LogP contribution >= 0.6 is 23.5 Å². The lowest BCUT2D eigenvalue weighted by Gasteiger charge is -2.31. The highest BCUT2D eigenvalue weighted by Gasteiger charge is 2.41. The Morgan fingerprint density at radius 1 is 0.641 bits per heavy atom. The van der Waals surface area contributed by atoms with Crippen LogP contribution in [0.5, 0.6) is 5.75 Å². The predicted molar refractivity (Wildman–Crippen MR) is 383 cm³/mol. The van der Waals surface area contributed by atoms with E-state index in [-0.39, 0.29) is 74.9 Å². The number of halogens is 2. The number of carboxylic acids is 1. The lowest BCUT2D eigenvalue weighted by molar-refractivity contribution is -0.143. The number of aromatic amines is 2. The molecule has 0 aliphatic carbocycles. The first-order chi connectivity index (χ1) is 49.6. The highest BCUT2D eigenvalue weighted by atomic mass is 32.2. The maximum absolute atomic E-state index is 15.2. The Labute approximate surface area is 599 Å². The Balaban J connectivity index is 1.05. The molecule has 9 atom stereocenters. The zero-order chi connectivity index (χ0) is 73.5. The predicted octanol–water partition coefficient (Wildman–Crippen LogP) is 1.32. The molecule has 0 radical (unpaired) electrons. The summed E-state index contributed by atoms with van der Waals surface area (Å²) in [5, 5.41) is 32.0. The third-order valence-electron chi connectivity index (χ3n) is 17.5. The van der Waals surface area contributed by atoms with Gasteiger partial charge in [0.2, 0.25) is 59.1 Å². The molecular weight excluding hydrogens is 1370 g/mol. The maximum atomic E-state index is 15.2. The summed E-state index contributed by atoms with van der Waals surface area (Å²) in [5.74, 6) is -9.97. The average Bonchev–Trinajstić information content (AvgIpc) is 1.71. The van der Waals surface area contributed by atoms with Gasteiger partial charge < -0.3 is 84.4 Å². The molecule has 17 N–H and O–H groups in total. The van der Waals surface area contributed by atoms with Crippen molar-refractivity contribution in [2.75, 3.05) is 44.3 Å². The molecule has 29 nitrogen and oxygen atoms in total. The van der Waals surface area contributed by atoms with Crippen LogP contribution in [0.15, 0.2) is 107 Å². The maximum Gasteiger partial charge on any atom is 0.305 e. The van der Waals surface area contributed by atoms with E-state index in [1.54, 1.807) is 24.3 Å². The van der Waals surface area contributed by atoms with E-state index in [9.17, 15) is 47.4 Å². The van der Waals surface area contributed by atoms with E-state index in [4.69, 9.17) is 21.9 Å². The summed E-state index contributed by atoms with van der Waals surface area (Å²) >= 11 is 2.80. The summed E-state index contributed by atoms with van der Waals surface area (Å²) in [4.78, 5) is 173. The van der Waals surface area contributed by atoms with Crippen molar-refractivity contribution >= 4 is 123 Å². The van der Waals surface area contributed by atoms with Gasteiger partial charge in [0.1, 0.15) is 78.7 Å². The van der Waals surface area contributed by atoms with Gasteiger partial charge in [-0.2, -0.15) is 23.5 Å². The molecule has 0 spiro atoms. The minimum atomic E-state index is -2.04. The Bertz CT molecular complexity index is 4110. The van der Waals surface area contributed by atoms with Crippen LogP contribution < -0.4 is 64.5 Å². The molecule has 0 saturated carbocycles. The summed E-state index contributed by atoms with van der Waals surface area (Å²) in [6.07, 6.45) is 4.58. The van der Waals surface area contributed by atoms with Gasteiger partial charge in [-0.15, -0.1) is 0 Å². The molecule has 3 aliphatic heterocycles. The summed E-state index contributed by atoms with van der Waals surface area (Å²) in [6, 6.07) is 8.93. The van der Waals surface area contributed by atoms with E-state index >= 15 is 19.2 Å². The molecule has 33 heteroatoms. The van der Waals surface area contributed by atoms with E-state index in [0.29, 0.717) is 76.4 Å². The number of aliphatic imine (C=N–C) groups is 2. The van der Waals surface area contributed by atoms with Crippen molar-refractivity contribution in [3.8, 4) is 5.75 Å². The van der Waals surface area contributed by atoms with Crippen molar-refractivity contribution in [2.24, 2.45) is 27.2 Å². The van der Waals surface area contributed by atoms with Gasteiger partial charge in [0.25, 0.3) is 0 Å². The molecule has 103 heavy (non-hydrogen) atoms. The number of rotatable bonds is 18. The van der Waals surface area contributed by atoms with Gasteiger partial charge in [-0.25, -0.2) is 13.8 Å². The highest BCUT2D eigenvalue weighted by Crippen LogP contribution is 2.26. The van der Waals surface area contributed by atoms with Gasteiger partial charge in [0.15, 0.2) is 0 Å². The van der Waals surface area contributed by atoms with Crippen LogP contribution in [-0.4, -0.2) is 196 Å². The third kappa shape index (κ3) is 22.4. The van der Waals surface area contributed by atoms with E-state index in [1.165, 1.54) is 89.8 Å². The van der Waals surface area contributed by atoms with Crippen LogP contribution in [0.1, 0.15) is 79.2 Å². The third-order valence-corrected chi connectivity index (χ3v) is 19.6. The zero-order valence-electron chi connectivity index (χ0n) is 56.2. The fourth-order valence-corrected chi connectivity index (χ4v) is 14.1. The molecule has 9 rings (SSSR count). The lowest BCUT2D eigenvalue weighted by atomic mass is 10.0. The number of unbranched alkanes of at least 4 members (excludes halogenated alkanes) is 1. The first-order valence-corrected chi connectivity index (χ1v) is 36.0. The number of primary amides is 1. The van der Waals surface area contributed by atoms with Crippen molar-refractivity contribution in [3.63, 3.8) is 0 Å². The van der Waals surface area contributed by atoms with Gasteiger partial charge in [-0.3, -0.25) is 57.7 Å². The number of amides is 10. The largest absolute Gasteiger partial charge is 0.492 e. The number of thioether (sulfide) groups is 2. The van der Waals surface area contributed by atoms with Crippen molar-refractivity contribution in [1.82, 2.24) is 57.4 Å². The van der Waals surface area contributed by atoms with Crippen LogP contribution in [-0.2, 0) is 83.5 Å². The molecule has 10 amide bonds. The molecule has 2 aromatic heterocycles. The van der Waals surface area contributed by atoms with Gasteiger partial charge in [0, 0.05) is 109 Å². The van der Waals surface area contributed by atoms with Crippen LogP contribution in [0.2, 0.25) is 0 Å². The smallest absolute Gasteiger partial charge is 0.305 e. The van der Waals surface area contributed by atoms with E-state index < -0.39 is 150 Å². The van der Waals surface area contributed by atoms with E-state index in [2.05, 4.69) is 62.5 Å². The normalized spacial score (nSPS) is 22.9. The molecule has 1 unspecified atom stereocenters. The lowest BCUT2D eigenvalue weighted by Crippen LogP contribution is -2.61. The number of nitrogens with one attached hydrogen (secondary N) is 10. The summed E-state index contributed by atoms with van der Waals surface area (Å²) in [5.41, 5.74) is 21.1. The number of ether oxygens (including phenoxy) is 1. The molecule has 5 heterocycles. The van der Waals surface area contributed by atoms with Crippen molar-refractivity contribution in [2.45, 2.75) is 137 Å². The molecule has 3 aliphatic rings. The standard InChI is InChI=1S/C70H84F2N16O13S2/c71-44-11-15-50-48(27-44)42(31-77-50)25-53-65(95)83-54(26-43-32-78-51-16-12-45(72)28-49(43)51)66(96)85-56(30-62(91)92)68(98)84-55(29-46-33-76-38-80-46)67(97)86-57(24-39-9-13-47(14-10-39)101-21-19-74)70(100)88-20-4-8-59(88)69(99)87-58(63(75)93)37-103-36-41-6-3-5-40(23-41)35-102-22-17-60(89)81-52(7-1-2-18-73)64(94)79-34-61(90)82-53/h3,5-6,9-16,23,27-28,31-33,38,46,52-59,77-78H,1-2,4,7-8,17-22,24-26,29-30,34-37,73-74H2,(H2,75,93)(H,79,94)(H,81,89)(H,82,90)(H,83,95)(H,84,98)(H,85,96)(H,86,97)(H,87,99)(H,91,92)/t46?,52-,53-,54-,55-,56-,57-,58-,59-/m0/s1. The van der Waals surface area contributed by atoms with Crippen LogP contribution in [0.25, 0.3) is 21.8 Å². The first kappa shape index (κ1) is 76.9. The Hall–Kier alpha value is -10.3. The molecular formula is C70H84F2N16O13S2. The fourth-order valence-electron chi connectivity index (χ4n) is 12.2. The number of nitrogens with zero attached hydrogens (tertiary/aromatic N) is 3. The Kier molecular flexibility index (Phi) is 28.1. The summed E-state index contributed by atoms with van der Waals surface area (Å²) in [7, 11) is 0. The fraction of sp³-hybridized carbons (Fsp3) is 0.414. The molecule has 1 saturated heterocycles. The number of H-pyrrole nitrogens is 2. The van der Waals surface area contributed by atoms with Gasteiger partial charge >= 0.3 is 5.97 Å². The number of carbonyl (C=O) groups excluding carboxylic acids is 10. The molecule has 6 aromatic rings. The van der Waals surface area contributed by atoms with Crippen molar-refractivity contribution in [1.29, 1.82) is 0 Å². The summed E-state index contributed by atoms with van der Waals surface area (Å²) in [6.45, 7) is 0.0276. The molecule has 4 aromatic carbocycles. The van der Waals surface area contributed by atoms with Crippen LogP contribution in [0.3, 0.4) is 0 Å². The second-order valence-electron chi connectivity index (χ2n) is 25.1. The topological polar surface area (TPSA) is 451 Å². The Morgan fingerprint density at radius 2 is 1.25 bits per heavy atom. The number of hydrogen-bond acceptors (Lipinski definition) is 18. The second kappa shape index (κ2) is 37.6. The quantitative estimate of drug-likeness (QED) is 0.0540. The summed E-state index contributed by atoms with van der Waals surface area (Å²) < 4.78 is 35.5. The zero-order valence-corrected chi connectivity index (χ0v) is 57.9. The highest BCUT2D eigenvalue weighted by molar-refractivity contribution is 7.98. The molecule has 2 bridgehead atoms. The van der Waals surface area contributed by atoms with Gasteiger partial charge in [0.05, 0.1) is 19.0 Å². The number of aromatic nitrogens is 2. The van der Waals surface area contributed by atoms with Crippen LogP contribution in [0.4, 0.5) is 8.78 Å². The first-order valence-electron chi connectivity index (χ1n) is 33.7. The second-order valence-corrected chi connectivity index (χ2v) is 27.3.